The lowest BCUT2D eigenvalue weighted by molar-refractivity contribution is 0.354. The summed E-state index contributed by atoms with van der Waals surface area (Å²) in [5, 5.41) is 8.63. The van der Waals surface area contributed by atoms with Crippen LogP contribution in [0.25, 0.3) is 0 Å². The number of hydrogen-bond donors (Lipinski definition) is 1. The molecular weight excluding hydrogens is 272 g/mol. The van der Waals surface area contributed by atoms with Crippen molar-refractivity contribution in [2.24, 2.45) is 0 Å². The molecule has 0 saturated heterocycles. The SMILES string of the molecule is Cc1nn(C(C)(C)C)cc1C(C)Nc1ccncc1Cl. The maximum Gasteiger partial charge on any atom is 0.0820 e. The van der Waals surface area contributed by atoms with Crippen LogP contribution in [0.5, 0.6) is 0 Å². The van der Waals surface area contributed by atoms with Crippen LogP contribution in [0.3, 0.4) is 0 Å². The lowest BCUT2D eigenvalue weighted by atomic mass is 10.1. The third-order valence-electron chi connectivity index (χ3n) is 3.24. The topological polar surface area (TPSA) is 42.7 Å². The van der Waals surface area contributed by atoms with E-state index in [0.717, 1.165) is 11.4 Å². The molecule has 2 aromatic rings. The van der Waals surface area contributed by atoms with E-state index in [0.29, 0.717) is 5.02 Å². The van der Waals surface area contributed by atoms with Crippen LogP contribution in [0.1, 0.15) is 45.0 Å². The summed E-state index contributed by atoms with van der Waals surface area (Å²) in [5.74, 6) is 0. The van der Waals surface area contributed by atoms with Gasteiger partial charge < -0.3 is 5.32 Å². The van der Waals surface area contributed by atoms with Crippen molar-refractivity contribution in [2.75, 3.05) is 5.32 Å². The highest BCUT2D eigenvalue weighted by Gasteiger charge is 2.19. The van der Waals surface area contributed by atoms with Crippen LogP contribution in [0.4, 0.5) is 5.69 Å². The summed E-state index contributed by atoms with van der Waals surface area (Å²) < 4.78 is 2.00. The van der Waals surface area contributed by atoms with Gasteiger partial charge in [-0.05, 0) is 40.7 Å². The normalized spacial score (nSPS) is 13.3. The molecule has 0 aromatic carbocycles. The minimum absolute atomic E-state index is 0.0168. The van der Waals surface area contributed by atoms with Gasteiger partial charge in [0.1, 0.15) is 0 Å². The molecule has 0 fully saturated rings. The van der Waals surface area contributed by atoms with Crippen LogP contribution >= 0.6 is 11.6 Å². The third-order valence-corrected chi connectivity index (χ3v) is 3.54. The molecule has 0 aliphatic rings. The minimum atomic E-state index is -0.0168. The predicted octanol–water partition coefficient (Wildman–Crippen LogP) is 4.17. The average Bonchev–Trinajstić information content (AvgIpc) is 2.74. The molecule has 0 aliphatic carbocycles. The second-order valence-corrected chi connectivity index (χ2v) is 6.41. The van der Waals surface area contributed by atoms with E-state index in [9.17, 15) is 0 Å². The Kier molecular flexibility index (Phi) is 4.04. The van der Waals surface area contributed by atoms with Crippen LogP contribution < -0.4 is 5.32 Å². The molecular formula is C15H21ClN4. The molecule has 0 spiro atoms. The monoisotopic (exact) mass is 292 g/mol. The third kappa shape index (κ3) is 3.12. The smallest absolute Gasteiger partial charge is 0.0820 e. The van der Waals surface area contributed by atoms with E-state index in [4.69, 9.17) is 11.6 Å². The van der Waals surface area contributed by atoms with Gasteiger partial charge in [0.25, 0.3) is 0 Å². The van der Waals surface area contributed by atoms with Gasteiger partial charge in [-0.3, -0.25) is 9.67 Å². The van der Waals surface area contributed by atoms with Crippen LogP contribution in [0, 0.1) is 6.92 Å². The maximum absolute atomic E-state index is 6.13. The first kappa shape index (κ1) is 14.9. The highest BCUT2D eigenvalue weighted by Crippen LogP contribution is 2.27. The highest BCUT2D eigenvalue weighted by atomic mass is 35.5. The number of nitrogens with zero attached hydrogens (tertiary/aromatic N) is 3. The van der Waals surface area contributed by atoms with E-state index in [2.05, 4.69) is 49.3 Å². The zero-order valence-electron chi connectivity index (χ0n) is 12.6. The standard InChI is InChI=1S/C15H21ClN4/c1-10(18-14-6-7-17-8-13(14)16)12-9-20(15(3,4)5)19-11(12)2/h6-10H,1-5H3,(H,17,18). The minimum Gasteiger partial charge on any atom is -0.377 e. The molecule has 0 saturated carbocycles. The Morgan fingerprint density at radius 3 is 2.60 bits per heavy atom. The van der Waals surface area contributed by atoms with Crippen molar-refractivity contribution in [3.63, 3.8) is 0 Å². The molecule has 0 amide bonds. The van der Waals surface area contributed by atoms with Crippen molar-refractivity contribution in [1.82, 2.24) is 14.8 Å². The van der Waals surface area contributed by atoms with Gasteiger partial charge in [0.2, 0.25) is 0 Å². The molecule has 1 unspecified atom stereocenters. The van der Waals surface area contributed by atoms with Gasteiger partial charge in [-0.15, -0.1) is 0 Å². The molecule has 1 N–H and O–H groups in total. The van der Waals surface area contributed by atoms with E-state index in [1.54, 1.807) is 12.4 Å². The maximum atomic E-state index is 6.13. The summed E-state index contributed by atoms with van der Waals surface area (Å²) in [6.07, 6.45) is 5.47. The van der Waals surface area contributed by atoms with E-state index >= 15 is 0 Å². The predicted molar refractivity (Wildman–Crippen MR) is 83.2 cm³/mol. The number of pyridine rings is 1. The molecule has 2 aromatic heterocycles. The van der Waals surface area contributed by atoms with Gasteiger partial charge in [0, 0.05) is 24.2 Å². The van der Waals surface area contributed by atoms with Crippen molar-refractivity contribution in [3.8, 4) is 0 Å². The van der Waals surface area contributed by atoms with E-state index < -0.39 is 0 Å². The number of rotatable bonds is 3. The van der Waals surface area contributed by atoms with Gasteiger partial charge >= 0.3 is 0 Å². The van der Waals surface area contributed by atoms with Crippen molar-refractivity contribution >= 4 is 17.3 Å². The quantitative estimate of drug-likeness (QED) is 0.923. The van der Waals surface area contributed by atoms with Crippen molar-refractivity contribution < 1.29 is 0 Å². The Balaban J connectivity index is 2.24. The summed E-state index contributed by atoms with van der Waals surface area (Å²) in [5.41, 5.74) is 3.08. The molecule has 20 heavy (non-hydrogen) atoms. The Morgan fingerprint density at radius 1 is 1.35 bits per heavy atom. The van der Waals surface area contributed by atoms with Crippen molar-refractivity contribution in [1.29, 1.82) is 0 Å². The molecule has 0 bridgehead atoms. The molecule has 1 atom stereocenters. The van der Waals surface area contributed by atoms with Gasteiger partial charge in [0.05, 0.1) is 28.0 Å². The van der Waals surface area contributed by atoms with Gasteiger partial charge in [-0.25, -0.2) is 0 Å². The first-order valence-corrected chi connectivity index (χ1v) is 7.09. The average molecular weight is 293 g/mol. The number of aryl methyl sites for hydroxylation is 1. The zero-order valence-corrected chi connectivity index (χ0v) is 13.4. The van der Waals surface area contributed by atoms with Crippen LogP contribution in [-0.4, -0.2) is 14.8 Å². The number of nitrogens with one attached hydrogen (secondary N) is 1. The molecule has 4 nitrogen and oxygen atoms in total. The number of aromatic nitrogens is 3. The number of hydrogen-bond acceptors (Lipinski definition) is 3. The summed E-state index contributed by atoms with van der Waals surface area (Å²) in [4.78, 5) is 3.99. The second-order valence-electron chi connectivity index (χ2n) is 6.01. The molecule has 5 heteroatoms. The molecule has 0 aliphatic heterocycles. The summed E-state index contributed by atoms with van der Waals surface area (Å²) in [6.45, 7) is 10.6. The first-order chi connectivity index (χ1) is 9.29. The van der Waals surface area contributed by atoms with Crippen molar-refractivity contribution in [3.05, 3.63) is 40.9 Å². The lowest BCUT2D eigenvalue weighted by Crippen LogP contribution is -2.22. The molecule has 0 radical (unpaired) electrons. The number of anilines is 1. The van der Waals surface area contributed by atoms with Crippen LogP contribution in [0.2, 0.25) is 5.02 Å². The van der Waals surface area contributed by atoms with Gasteiger partial charge in [-0.1, -0.05) is 11.6 Å². The van der Waals surface area contributed by atoms with Gasteiger partial charge in [0.15, 0.2) is 0 Å². The Hall–Kier alpha value is -1.55. The first-order valence-electron chi connectivity index (χ1n) is 6.71. The fourth-order valence-electron chi connectivity index (χ4n) is 2.05. The lowest BCUT2D eigenvalue weighted by Gasteiger charge is -2.19. The largest absolute Gasteiger partial charge is 0.377 e. The molecule has 2 rings (SSSR count). The fourth-order valence-corrected chi connectivity index (χ4v) is 2.22. The zero-order chi connectivity index (χ0) is 14.9. The van der Waals surface area contributed by atoms with Crippen molar-refractivity contribution in [2.45, 2.75) is 46.2 Å². The number of halogens is 1. The highest BCUT2D eigenvalue weighted by molar-refractivity contribution is 6.33. The molecule has 2 heterocycles. The van der Waals surface area contributed by atoms with E-state index in [1.165, 1.54) is 5.56 Å². The van der Waals surface area contributed by atoms with Gasteiger partial charge in [-0.2, -0.15) is 5.10 Å². The summed E-state index contributed by atoms with van der Waals surface area (Å²) in [6, 6.07) is 2.01. The summed E-state index contributed by atoms with van der Waals surface area (Å²) in [7, 11) is 0. The van der Waals surface area contributed by atoms with E-state index in [1.807, 2.05) is 17.7 Å². The fraction of sp³-hybridized carbons (Fsp3) is 0.467. The Bertz CT molecular complexity index is 598. The van der Waals surface area contributed by atoms with E-state index in [-0.39, 0.29) is 11.6 Å². The second kappa shape index (κ2) is 5.44. The Labute approximate surface area is 125 Å². The van der Waals surface area contributed by atoms with Crippen LogP contribution in [-0.2, 0) is 5.54 Å². The Morgan fingerprint density at radius 2 is 2.05 bits per heavy atom. The summed E-state index contributed by atoms with van der Waals surface area (Å²) >= 11 is 6.13. The molecule has 108 valence electrons. The van der Waals surface area contributed by atoms with Crippen LogP contribution in [0.15, 0.2) is 24.7 Å².